The lowest BCUT2D eigenvalue weighted by atomic mass is 10.2. The minimum absolute atomic E-state index is 0.0225. The molecule has 2 heterocycles. The molecule has 1 saturated heterocycles. The fourth-order valence-corrected chi connectivity index (χ4v) is 3.03. The number of carbonyl (C=O) groups excluding carboxylic acids is 2. The lowest BCUT2D eigenvalue weighted by molar-refractivity contribution is -0.143. The van der Waals surface area contributed by atoms with Gasteiger partial charge in [-0.1, -0.05) is 5.21 Å². The van der Waals surface area contributed by atoms with Crippen molar-refractivity contribution >= 4 is 12.0 Å². The Morgan fingerprint density at radius 2 is 1.66 bits per heavy atom. The minimum Gasteiger partial charge on any atom is -0.453 e. The van der Waals surface area contributed by atoms with Gasteiger partial charge >= 0.3 is 12.3 Å². The first kappa shape index (κ1) is 20.6. The van der Waals surface area contributed by atoms with Gasteiger partial charge in [-0.25, -0.2) is 13.9 Å². The molecule has 2 amide bonds. The molecule has 0 unspecified atom stereocenters. The summed E-state index contributed by atoms with van der Waals surface area (Å²) in [6.07, 6.45) is -5.13. The van der Waals surface area contributed by atoms with Gasteiger partial charge in [0.1, 0.15) is 5.82 Å². The summed E-state index contributed by atoms with van der Waals surface area (Å²) in [5.74, 6) is -1.57. The number of methoxy groups -OCH3 is 1. The van der Waals surface area contributed by atoms with Crippen molar-refractivity contribution in [3.8, 4) is 5.69 Å². The minimum atomic E-state index is -4.92. The summed E-state index contributed by atoms with van der Waals surface area (Å²) in [4.78, 5) is 27.0. The standard InChI is InChI=1S/C17H17F4N5O3/c1-29-16(28)25-8-2-7-24(9-10-25)15(27)13-14(17(19,20)21)26(23-22-13)12-5-3-11(18)4-6-12/h3-6H,2,7-10H2,1H3. The summed E-state index contributed by atoms with van der Waals surface area (Å²) in [6, 6.07) is 4.17. The Morgan fingerprint density at radius 1 is 1.03 bits per heavy atom. The highest BCUT2D eigenvalue weighted by atomic mass is 19.4. The molecule has 1 aliphatic rings. The molecule has 0 radical (unpaired) electrons. The molecule has 3 rings (SSSR count). The van der Waals surface area contributed by atoms with Gasteiger partial charge < -0.3 is 14.5 Å². The van der Waals surface area contributed by atoms with Crippen LogP contribution in [0.4, 0.5) is 22.4 Å². The molecule has 0 spiro atoms. The fourth-order valence-electron chi connectivity index (χ4n) is 3.03. The third-order valence-corrected chi connectivity index (χ3v) is 4.43. The van der Waals surface area contributed by atoms with Crippen LogP contribution in [0.15, 0.2) is 24.3 Å². The molecule has 1 fully saturated rings. The number of carbonyl (C=O) groups is 2. The maximum absolute atomic E-state index is 13.7. The van der Waals surface area contributed by atoms with Crippen molar-refractivity contribution in [3.05, 3.63) is 41.5 Å². The van der Waals surface area contributed by atoms with E-state index in [4.69, 9.17) is 0 Å². The highest BCUT2D eigenvalue weighted by Gasteiger charge is 2.43. The summed E-state index contributed by atoms with van der Waals surface area (Å²) in [5, 5.41) is 6.93. The van der Waals surface area contributed by atoms with Gasteiger partial charge in [0.05, 0.1) is 12.8 Å². The maximum atomic E-state index is 13.7. The zero-order chi connectivity index (χ0) is 21.2. The van der Waals surface area contributed by atoms with E-state index in [0.717, 1.165) is 24.3 Å². The number of halogens is 4. The Kier molecular flexibility index (Phi) is 5.71. The van der Waals surface area contributed by atoms with E-state index in [1.807, 2.05) is 0 Å². The molecular weight excluding hydrogens is 398 g/mol. The van der Waals surface area contributed by atoms with Crippen LogP contribution in [0, 0.1) is 5.82 Å². The van der Waals surface area contributed by atoms with E-state index in [1.165, 1.54) is 16.9 Å². The van der Waals surface area contributed by atoms with Gasteiger partial charge in [0.2, 0.25) is 0 Å². The normalized spacial score (nSPS) is 15.2. The van der Waals surface area contributed by atoms with Gasteiger partial charge in [-0.3, -0.25) is 4.79 Å². The lowest BCUT2D eigenvalue weighted by Gasteiger charge is -2.21. The molecule has 29 heavy (non-hydrogen) atoms. The number of rotatable bonds is 2. The van der Waals surface area contributed by atoms with Crippen LogP contribution >= 0.6 is 0 Å². The maximum Gasteiger partial charge on any atom is 0.435 e. The quantitative estimate of drug-likeness (QED) is 0.704. The summed E-state index contributed by atoms with van der Waals surface area (Å²) < 4.78 is 59.3. The van der Waals surface area contributed by atoms with Crippen molar-refractivity contribution in [1.82, 2.24) is 24.8 Å². The van der Waals surface area contributed by atoms with Crippen LogP contribution in [-0.4, -0.2) is 70.1 Å². The van der Waals surface area contributed by atoms with Crippen molar-refractivity contribution in [2.45, 2.75) is 12.6 Å². The first-order chi connectivity index (χ1) is 13.7. The Balaban J connectivity index is 1.91. The van der Waals surface area contributed by atoms with Crippen molar-refractivity contribution in [2.24, 2.45) is 0 Å². The molecule has 0 aliphatic carbocycles. The monoisotopic (exact) mass is 415 g/mol. The third kappa shape index (κ3) is 4.30. The predicted octanol–water partition coefficient (Wildman–Crippen LogP) is 2.34. The van der Waals surface area contributed by atoms with E-state index in [1.54, 1.807) is 0 Å². The zero-order valence-corrected chi connectivity index (χ0v) is 15.3. The van der Waals surface area contributed by atoms with E-state index in [2.05, 4.69) is 15.0 Å². The van der Waals surface area contributed by atoms with Crippen LogP contribution in [0.25, 0.3) is 5.69 Å². The predicted molar refractivity (Wildman–Crippen MR) is 90.8 cm³/mol. The fraction of sp³-hybridized carbons (Fsp3) is 0.412. The van der Waals surface area contributed by atoms with E-state index in [9.17, 15) is 27.2 Å². The smallest absolute Gasteiger partial charge is 0.435 e. The van der Waals surface area contributed by atoms with Crippen LogP contribution in [0.1, 0.15) is 22.6 Å². The molecule has 1 aromatic carbocycles. The lowest BCUT2D eigenvalue weighted by Crippen LogP contribution is -2.38. The van der Waals surface area contributed by atoms with Crippen LogP contribution in [0.3, 0.4) is 0 Å². The second-order valence-electron chi connectivity index (χ2n) is 6.28. The van der Waals surface area contributed by atoms with E-state index < -0.39 is 35.4 Å². The van der Waals surface area contributed by atoms with Gasteiger partial charge in [0.25, 0.3) is 5.91 Å². The molecule has 0 saturated carbocycles. The summed E-state index contributed by atoms with van der Waals surface area (Å²) in [6.45, 7) is 0.596. The summed E-state index contributed by atoms with van der Waals surface area (Å²) in [5.41, 5.74) is -2.28. The van der Waals surface area contributed by atoms with Crippen molar-refractivity contribution in [2.75, 3.05) is 33.3 Å². The molecular formula is C17H17F4N5O3. The number of ether oxygens (including phenoxy) is 1. The number of aromatic nitrogens is 3. The Labute approximate surface area is 162 Å². The molecule has 1 aromatic heterocycles. The second-order valence-corrected chi connectivity index (χ2v) is 6.28. The average Bonchev–Trinajstić information content (AvgIpc) is 2.99. The van der Waals surface area contributed by atoms with Crippen molar-refractivity contribution in [1.29, 1.82) is 0 Å². The number of nitrogens with zero attached hydrogens (tertiary/aromatic N) is 5. The first-order valence-corrected chi connectivity index (χ1v) is 8.63. The van der Waals surface area contributed by atoms with Crippen LogP contribution in [0.5, 0.6) is 0 Å². The van der Waals surface area contributed by atoms with Gasteiger partial charge in [0.15, 0.2) is 11.4 Å². The molecule has 2 aromatic rings. The number of hydrogen-bond acceptors (Lipinski definition) is 5. The molecule has 156 valence electrons. The Morgan fingerprint density at radius 3 is 2.28 bits per heavy atom. The number of alkyl halides is 3. The SMILES string of the molecule is COC(=O)N1CCCN(C(=O)c2nnn(-c3ccc(F)cc3)c2C(F)(F)F)CC1. The van der Waals surface area contributed by atoms with E-state index in [-0.39, 0.29) is 25.3 Å². The van der Waals surface area contributed by atoms with Crippen molar-refractivity contribution in [3.63, 3.8) is 0 Å². The molecule has 0 bridgehead atoms. The first-order valence-electron chi connectivity index (χ1n) is 8.63. The Hall–Kier alpha value is -3.18. The zero-order valence-electron chi connectivity index (χ0n) is 15.3. The second kappa shape index (κ2) is 8.05. The average molecular weight is 415 g/mol. The third-order valence-electron chi connectivity index (χ3n) is 4.43. The number of hydrogen-bond donors (Lipinski definition) is 0. The van der Waals surface area contributed by atoms with Gasteiger partial charge in [-0.2, -0.15) is 13.2 Å². The van der Waals surface area contributed by atoms with E-state index in [0.29, 0.717) is 17.6 Å². The number of amides is 2. The van der Waals surface area contributed by atoms with Crippen LogP contribution < -0.4 is 0 Å². The highest BCUT2D eigenvalue weighted by molar-refractivity contribution is 5.93. The summed E-state index contributed by atoms with van der Waals surface area (Å²) >= 11 is 0. The van der Waals surface area contributed by atoms with Crippen LogP contribution in [-0.2, 0) is 10.9 Å². The number of benzene rings is 1. The van der Waals surface area contributed by atoms with Crippen LogP contribution in [0.2, 0.25) is 0 Å². The van der Waals surface area contributed by atoms with Gasteiger partial charge in [-0.15, -0.1) is 5.10 Å². The Bertz CT molecular complexity index is 897. The molecule has 0 atom stereocenters. The molecule has 8 nitrogen and oxygen atoms in total. The van der Waals surface area contributed by atoms with Gasteiger partial charge in [-0.05, 0) is 30.7 Å². The topological polar surface area (TPSA) is 80.6 Å². The molecule has 1 aliphatic heterocycles. The largest absolute Gasteiger partial charge is 0.453 e. The molecule has 12 heteroatoms. The summed E-state index contributed by atoms with van der Waals surface area (Å²) in [7, 11) is 1.22. The van der Waals surface area contributed by atoms with Gasteiger partial charge in [0, 0.05) is 26.2 Å². The van der Waals surface area contributed by atoms with Crippen molar-refractivity contribution < 1.29 is 31.9 Å². The van der Waals surface area contributed by atoms with E-state index >= 15 is 0 Å². The highest BCUT2D eigenvalue weighted by Crippen LogP contribution is 2.33. The molecule has 0 N–H and O–H groups in total.